The number of ether oxygens (including phenoxy) is 1. The van der Waals surface area contributed by atoms with E-state index in [0.29, 0.717) is 0 Å². The Labute approximate surface area is 52.0 Å². The monoisotopic (exact) mass is 115 g/mol. The fraction of sp³-hybridized carbons (Fsp3) is 0.857. The zero-order valence-electron chi connectivity index (χ0n) is 5.81. The largest absolute Gasteiger partial charge is 0.379 e. The molecular weight excluding hydrogens is 100 g/mol. The van der Waals surface area contributed by atoms with Gasteiger partial charge in [0.05, 0.1) is 7.11 Å². The second-order valence-corrected chi connectivity index (χ2v) is 2.44. The molecule has 0 N–H and O–H groups in total. The Bertz CT molecular complexity index is 41.7. The van der Waals surface area contributed by atoms with Gasteiger partial charge in [-0.2, -0.15) is 0 Å². The normalized spacial score (nSPS) is 10.5. The van der Waals surface area contributed by atoms with Crippen LogP contribution in [0.15, 0.2) is 0 Å². The van der Waals surface area contributed by atoms with Gasteiger partial charge in [0.15, 0.2) is 0 Å². The van der Waals surface area contributed by atoms with Gasteiger partial charge in [0.1, 0.15) is 0 Å². The molecule has 0 saturated carbocycles. The van der Waals surface area contributed by atoms with E-state index in [0.717, 1.165) is 18.9 Å². The minimum absolute atomic E-state index is 0.796. The first kappa shape index (κ1) is 7.96. The minimum atomic E-state index is 0.796. The molecule has 0 saturated heterocycles. The molecule has 0 aromatic carbocycles. The molecule has 0 atom stereocenters. The molecule has 0 spiro atoms. The Hall–Kier alpha value is -0.0400. The van der Waals surface area contributed by atoms with Crippen LogP contribution < -0.4 is 0 Å². The molecule has 0 aliphatic rings. The molecule has 1 nitrogen and oxygen atoms in total. The summed E-state index contributed by atoms with van der Waals surface area (Å²) in [4.78, 5) is 0. The van der Waals surface area contributed by atoms with Gasteiger partial charge in [0.2, 0.25) is 0 Å². The van der Waals surface area contributed by atoms with Crippen LogP contribution in [0.1, 0.15) is 26.7 Å². The van der Waals surface area contributed by atoms with E-state index in [1.54, 1.807) is 0 Å². The van der Waals surface area contributed by atoms with Crippen molar-refractivity contribution in [1.29, 1.82) is 0 Å². The summed E-state index contributed by atoms with van der Waals surface area (Å²) in [5.74, 6) is 0.796. The zero-order valence-corrected chi connectivity index (χ0v) is 5.81. The van der Waals surface area contributed by atoms with Crippen LogP contribution in [0.3, 0.4) is 0 Å². The molecule has 0 fully saturated rings. The molecule has 0 aliphatic heterocycles. The van der Waals surface area contributed by atoms with Crippen molar-refractivity contribution in [2.45, 2.75) is 26.7 Å². The van der Waals surface area contributed by atoms with E-state index in [1.807, 2.05) is 0 Å². The Morgan fingerprint density at radius 3 is 2.50 bits per heavy atom. The van der Waals surface area contributed by atoms with Crippen molar-refractivity contribution in [2.24, 2.45) is 5.92 Å². The number of rotatable bonds is 4. The Balaban J connectivity index is 2.72. The maximum Gasteiger partial charge on any atom is 0.0700 e. The summed E-state index contributed by atoms with van der Waals surface area (Å²) < 4.78 is 4.64. The summed E-state index contributed by atoms with van der Waals surface area (Å²) in [7, 11) is 3.28. The van der Waals surface area contributed by atoms with Gasteiger partial charge in [-0.1, -0.05) is 13.8 Å². The molecule has 0 bridgehead atoms. The molecule has 8 heavy (non-hydrogen) atoms. The molecular formula is C7H15O. The average Bonchev–Trinajstić information content (AvgIpc) is 1.66. The highest BCUT2D eigenvalue weighted by atomic mass is 16.5. The van der Waals surface area contributed by atoms with Crippen molar-refractivity contribution >= 4 is 0 Å². The highest BCUT2D eigenvalue weighted by Crippen LogP contribution is 2.02. The van der Waals surface area contributed by atoms with Gasteiger partial charge in [0, 0.05) is 6.61 Å². The van der Waals surface area contributed by atoms with Crippen LogP contribution in [0.5, 0.6) is 0 Å². The van der Waals surface area contributed by atoms with Crippen LogP contribution in [0.25, 0.3) is 0 Å². The van der Waals surface area contributed by atoms with Crippen LogP contribution in [0.2, 0.25) is 0 Å². The second kappa shape index (κ2) is 5.10. The van der Waals surface area contributed by atoms with Crippen LogP contribution in [0.4, 0.5) is 0 Å². The van der Waals surface area contributed by atoms with Gasteiger partial charge < -0.3 is 4.74 Å². The summed E-state index contributed by atoms with van der Waals surface area (Å²) >= 11 is 0. The van der Waals surface area contributed by atoms with Gasteiger partial charge in [-0.25, -0.2) is 0 Å². The van der Waals surface area contributed by atoms with E-state index in [4.69, 9.17) is 0 Å². The standard InChI is InChI=1S/C7H15O/c1-7(2)5-4-6-8-3/h7H,3-6H2,1-2H3. The quantitative estimate of drug-likeness (QED) is 0.510. The Morgan fingerprint density at radius 2 is 2.12 bits per heavy atom. The van der Waals surface area contributed by atoms with Crippen molar-refractivity contribution in [3.63, 3.8) is 0 Å². The van der Waals surface area contributed by atoms with E-state index in [-0.39, 0.29) is 0 Å². The smallest absolute Gasteiger partial charge is 0.0700 e. The third-order valence-corrected chi connectivity index (χ3v) is 1.07. The lowest BCUT2D eigenvalue weighted by atomic mass is 10.1. The van der Waals surface area contributed by atoms with E-state index in [2.05, 4.69) is 25.7 Å². The Morgan fingerprint density at radius 1 is 1.50 bits per heavy atom. The van der Waals surface area contributed by atoms with Crippen LogP contribution in [-0.4, -0.2) is 6.61 Å². The molecule has 0 aromatic heterocycles. The highest BCUT2D eigenvalue weighted by Gasteiger charge is 1.90. The lowest BCUT2D eigenvalue weighted by Gasteiger charge is -2.01. The zero-order chi connectivity index (χ0) is 6.41. The first-order valence-corrected chi connectivity index (χ1v) is 3.14. The van der Waals surface area contributed by atoms with Crippen LogP contribution in [0, 0.1) is 13.0 Å². The molecule has 1 heteroatoms. The first-order valence-electron chi connectivity index (χ1n) is 3.14. The predicted octanol–water partition coefficient (Wildman–Crippen LogP) is 2.23. The average molecular weight is 115 g/mol. The molecule has 0 aliphatic carbocycles. The van der Waals surface area contributed by atoms with Gasteiger partial charge >= 0.3 is 0 Å². The second-order valence-electron chi connectivity index (χ2n) is 2.44. The van der Waals surface area contributed by atoms with Crippen LogP contribution >= 0.6 is 0 Å². The molecule has 0 rings (SSSR count). The third kappa shape index (κ3) is 5.96. The van der Waals surface area contributed by atoms with Crippen molar-refractivity contribution in [2.75, 3.05) is 6.61 Å². The first-order chi connectivity index (χ1) is 3.77. The van der Waals surface area contributed by atoms with Gasteiger partial charge in [-0.15, -0.1) is 0 Å². The minimum Gasteiger partial charge on any atom is -0.379 e. The predicted molar refractivity (Wildman–Crippen MR) is 35.4 cm³/mol. The van der Waals surface area contributed by atoms with Gasteiger partial charge in [-0.3, -0.25) is 0 Å². The summed E-state index contributed by atoms with van der Waals surface area (Å²) in [6.45, 7) is 5.23. The molecule has 0 unspecified atom stereocenters. The van der Waals surface area contributed by atoms with Gasteiger partial charge in [0.25, 0.3) is 0 Å². The summed E-state index contributed by atoms with van der Waals surface area (Å²) in [6, 6.07) is 0. The maximum absolute atomic E-state index is 4.64. The maximum atomic E-state index is 4.64. The van der Waals surface area contributed by atoms with Crippen LogP contribution in [-0.2, 0) is 4.74 Å². The Kier molecular flexibility index (Phi) is 5.08. The third-order valence-electron chi connectivity index (χ3n) is 1.07. The SMILES string of the molecule is [CH2]OCCCC(C)C. The lowest BCUT2D eigenvalue weighted by Crippen LogP contribution is -1.91. The van der Waals surface area contributed by atoms with E-state index < -0.39 is 0 Å². The fourth-order valence-corrected chi connectivity index (χ4v) is 0.594. The summed E-state index contributed by atoms with van der Waals surface area (Å²) in [5.41, 5.74) is 0. The molecule has 0 aromatic rings. The van der Waals surface area contributed by atoms with Crippen molar-refractivity contribution < 1.29 is 4.74 Å². The van der Waals surface area contributed by atoms with Crippen molar-refractivity contribution in [1.82, 2.24) is 0 Å². The molecule has 0 amide bonds. The lowest BCUT2D eigenvalue weighted by molar-refractivity contribution is 0.229. The van der Waals surface area contributed by atoms with E-state index in [1.165, 1.54) is 6.42 Å². The molecule has 0 heterocycles. The number of hydrogen-bond donors (Lipinski definition) is 0. The van der Waals surface area contributed by atoms with Crippen molar-refractivity contribution in [3.8, 4) is 0 Å². The molecule has 1 radical (unpaired) electrons. The van der Waals surface area contributed by atoms with Gasteiger partial charge in [-0.05, 0) is 18.8 Å². The fourth-order valence-electron chi connectivity index (χ4n) is 0.594. The number of hydrogen-bond acceptors (Lipinski definition) is 1. The summed E-state index contributed by atoms with van der Waals surface area (Å²) in [6.07, 6.45) is 2.39. The van der Waals surface area contributed by atoms with Crippen molar-refractivity contribution in [3.05, 3.63) is 7.11 Å². The highest BCUT2D eigenvalue weighted by molar-refractivity contribution is 4.43. The topological polar surface area (TPSA) is 9.23 Å². The molecule has 49 valence electrons. The van der Waals surface area contributed by atoms with E-state index in [9.17, 15) is 0 Å². The van der Waals surface area contributed by atoms with E-state index >= 15 is 0 Å². The summed E-state index contributed by atoms with van der Waals surface area (Å²) in [5, 5.41) is 0.